The molecule has 4 rings (SSSR count). The number of aromatic nitrogens is 3. The van der Waals surface area contributed by atoms with Crippen LogP contribution in [0, 0.1) is 6.92 Å². The van der Waals surface area contributed by atoms with E-state index in [9.17, 15) is 0 Å². The molecule has 0 unspecified atom stereocenters. The van der Waals surface area contributed by atoms with Crippen LogP contribution in [0.2, 0.25) is 0 Å². The van der Waals surface area contributed by atoms with Gasteiger partial charge in [-0.05, 0) is 36.8 Å². The predicted octanol–water partition coefficient (Wildman–Crippen LogP) is 5.67. The summed E-state index contributed by atoms with van der Waals surface area (Å²) in [6.07, 6.45) is 3.01. The largest absolute Gasteiger partial charge is 0.497 e. The molecule has 0 saturated carbocycles. The Labute approximate surface area is 179 Å². The van der Waals surface area contributed by atoms with E-state index in [1.165, 1.54) is 11.1 Å². The van der Waals surface area contributed by atoms with Crippen molar-refractivity contribution >= 4 is 22.5 Å². The SMILES string of the molecule is CC.COc1ccc(N(C)c2nc(C)nc3c(Cc4ccccc4)cn(C)c23)cc1. The van der Waals surface area contributed by atoms with Gasteiger partial charge >= 0.3 is 0 Å². The summed E-state index contributed by atoms with van der Waals surface area (Å²) in [6.45, 7) is 5.95. The first kappa shape index (κ1) is 21.4. The van der Waals surface area contributed by atoms with Crippen molar-refractivity contribution in [2.45, 2.75) is 27.2 Å². The van der Waals surface area contributed by atoms with Crippen molar-refractivity contribution in [3.8, 4) is 5.75 Å². The van der Waals surface area contributed by atoms with Gasteiger partial charge in [-0.2, -0.15) is 0 Å². The van der Waals surface area contributed by atoms with Gasteiger partial charge in [-0.15, -0.1) is 0 Å². The van der Waals surface area contributed by atoms with Crippen molar-refractivity contribution in [1.29, 1.82) is 0 Å². The molecule has 0 aliphatic carbocycles. The van der Waals surface area contributed by atoms with Crippen LogP contribution in [0.3, 0.4) is 0 Å². The number of aryl methyl sites for hydroxylation is 2. The highest BCUT2D eigenvalue weighted by molar-refractivity contribution is 5.91. The molecule has 5 nitrogen and oxygen atoms in total. The van der Waals surface area contributed by atoms with Gasteiger partial charge in [-0.3, -0.25) is 0 Å². The Bertz CT molecular complexity index is 1100. The van der Waals surface area contributed by atoms with Crippen LogP contribution in [-0.4, -0.2) is 28.7 Å². The lowest BCUT2D eigenvalue weighted by Crippen LogP contribution is -2.14. The third-order valence-corrected chi connectivity index (χ3v) is 5.00. The van der Waals surface area contributed by atoms with Crippen molar-refractivity contribution in [3.63, 3.8) is 0 Å². The van der Waals surface area contributed by atoms with Crippen LogP contribution >= 0.6 is 0 Å². The number of ether oxygens (including phenoxy) is 1. The van der Waals surface area contributed by atoms with Crippen LogP contribution < -0.4 is 9.64 Å². The molecule has 0 bridgehead atoms. The van der Waals surface area contributed by atoms with Gasteiger partial charge < -0.3 is 14.2 Å². The number of nitrogens with zero attached hydrogens (tertiary/aromatic N) is 4. The maximum Gasteiger partial charge on any atom is 0.161 e. The lowest BCUT2D eigenvalue weighted by Gasteiger charge is -2.20. The third-order valence-electron chi connectivity index (χ3n) is 5.00. The standard InChI is InChI=1S/C23H24N4O.C2H6/c1-16-24-21-18(14-17-8-6-5-7-9-17)15-26(2)22(21)23(25-16)27(3)19-10-12-20(28-4)13-11-19;1-2/h5-13,15H,14H2,1-4H3;1-2H3. The van der Waals surface area contributed by atoms with Gasteiger partial charge in [-0.25, -0.2) is 9.97 Å². The van der Waals surface area contributed by atoms with E-state index in [1.807, 2.05) is 58.2 Å². The maximum atomic E-state index is 5.27. The summed E-state index contributed by atoms with van der Waals surface area (Å²) in [6, 6.07) is 18.5. The van der Waals surface area contributed by atoms with Crippen LogP contribution in [0.1, 0.15) is 30.8 Å². The maximum absolute atomic E-state index is 5.27. The van der Waals surface area contributed by atoms with E-state index in [0.717, 1.165) is 40.5 Å². The number of methoxy groups -OCH3 is 1. The van der Waals surface area contributed by atoms with E-state index in [-0.39, 0.29) is 0 Å². The van der Waals surface area contributed by atoms with Crippen molar-refractivity contribution < 1.29 is 4.74 Å². The summed E-state index contributed by atoms with van der Waals surface area (Å²) in [5.74, 6) is 2.50. The molecule has 0 aliphatic rings. The second-order valence-electron chi connectivity index (χ2n) is 6.98. The molecule has 0 spiro atoms. The molecule has 2 aromatic carbocycles. The molecule has 0 fully saturated rings. The minimum absolute atomic E-state index is 0.767. The fourth-order valence-corrected chi connectivity index (χ4v) is 3.57. The average molecular weight is 403 g/mol. The number of rotatable bonds is 5. The predicted molar refractivity (Wildman–Crippen MR) is 125 cm³/mol. The van der Waals surface area contributed by atoms with Crippen molar-refractivity contribution in [3.05, 3.63) is 77.7 Å². The minimum Gasteiger partial charge on any atom is -0.497 e. The van der Waals surface area contributed by atoms with Crippen molar-refractivity contribution in [2.24, 2.45) is 7.05 Å². The average Bonchev–Trinajstić information content (AvgIpc) is 3.09. The number of anilines is 2. The molecular weight excluding hydrogens is 372 g/mol. The Morgan fingerprint density at radius 2 is 1.63 bits per heavy atom. The van der Waals surface area contributed by atoms with E-state index in [4.69, 9.17) is 14.7 Å². The highest BCUT2D eigenvalue weighted by Gasteiger charge is 2.18. The minimum atomic E-state index is 0.767. The topological polar surface area (TPSA) is 43.2 Å². The van der Waals surface area contributed by atoms with E-state index in [0.29, 0.717) is 0 Å². The highest BCUT2D eigenvalue weighted by atomic mass is 16.5. The number of fused-ring (bicyclic) bond motifs is 1. The highest BCUT2D eigenvalue weighted by Crippen LogP contribution is 2.32. The molecule has 30 heavy (non-hydrogen) atoms. The fraction of sp³-hybridized carbons (Fsp3) is 0.280. The zero-order chi connectivity index (χ0) is 21.7. The van der Waals surface area contributed by atoms with Crippen LogP contribution in [0.15, 0.2) is 60.8 Å². The third kappa shape index (κ3) is 4.30. The molecule has 2 aromatic heterocycles. The second kappa shape index (κ2) is 9.44. The quantitative estimate of drug-likeness (QED) is 0.431. The fourth-order valence-electron chi connectivity index (χ4n) is 3.57. The molecule has 5 heteroatoms. The smallest absolute Gasteiger partial charge is 0.161 e. The van der Waals surface area contributed by atoms with Crippen molar-refractivity contribution in [2.75, 3.05) is 19.1 Å². The molecule has 0 N–H and O–H groups in total. The molecule has 0 amide bonds. The molecular formula is C25H30N4O. The summed E-state index contributed by atoms with van der Waals surface area (Å²) in [5.41, 5.74) is 5.57. The van der Waals surface area contributed by atoms with Gasteiger partial charge in [0.2, 0.25) is 0 Å². The Hall–Kier alpha value is -3.34. The normalized spacial score (nSPS) is 10.5. The molecule has 0 aliphatic heterocycles. The zero-order valence-electron chi connectivity index (χ0n) is 18.7. The van der Waals surface area contributed by atoms with E-state index in [1.54, 1.807) is 7.11 Å². The summed E-state index contributed by atoms with van der Waals surface area (Å²) < 4.78 is 7.40. The van der Waals surface area contributed by atoms with Crippen molar-refractivity contribution in [1.82, 2.24) is 14.5 Å². The molecule has 0 saturated heterocycles. The van der Waals surface area contributed by atoms with Gasteiger partial charge in [-0.1, -0.05) is 44.2 Å². The van der Waals surface area contributed by atoms with Crippen LogP contribution in [0.4, 0.5) is 11.5 Å². The zero-order valence-corrected chi connectivity index (χ0v) is 18.7. The van der Waals surface area contributed by atoms with Gasteiger partial charge in [0.05, 0.1) is 12.6 Å². The number of hydrogen-bond acceptors (Lipinski definition) is 4. The second-order valence-corrected chi connectivity index (χ2v) is 6.98. The lowest BCUT2D eigenvalue weighted by atomic mass is 10.1. The monoisotopic (exact) mass is 402 g/mol. The van der Waals surface area contributed by atoms with E-state index < -0.39 is 0 Å². The first-order valence-electron chi connectivity index (χ1n) is 10.3. The summed E-state index contributed by atoms with van der Waals surface area (Å²) in [7, 11) is 5.77. The Morgan fingerprint density at radius 1 is 0.967 bits per heavy atom. The lowest BCUT2D eigenvalue weighted by molar-refractivity contribution is 0.415. The van der Waals surface area contributed by atoms with Gasteiger partial charge in [0.1, 0.15) is 17.1 Å². The van der Waals surface area contributed by atoms with Gasteiger partial charge in [0.15, 0.2) is 5.82 Å². The molecule has 156 valence electrons. The Kier molecular flexibility index (Phi) is 6.72. The van der Waals surface area contributed by atoms with Gasteiger partial charge in [0.25, 0.3) is 0 Å². The van der Waals surface area contributed by atoms with Crippen LogP contribution in [0.5, 0.6) is 5.75 Å². The van der Waals surface area contributed by atoms with Gasteiger partial charge in [0, 0.05) is 38.0 Å². The summed E-state index contributed by atoms with van der Waals surface area (Å²) in [5, 5.41) is 0. The van der Waals surface area contributed by atoms with E-state index >= 15 is 0 Å². The van der Waals surface area contributed by atoms with Crippen LogP contribution in [-0.2, 0) is 13.5 Å². The molecule has 4 aromatic rings. The summed E-state index contributed by atoms with van der Waals surface area (Å²) >= 11 is 0. The molecule has 0 atom stereocenters. The number of benzene rings is 2. The Balaban J connectivity index is 0.00000124. The number of hydrogen-bond donors (Lipinski definition) is 0. The van der Waals surface area contributed by atoms with Crippen LogP contribution in [0.25, 0.3) is 11.0 Å². The summed E-state index contributed by atoms with van der Waals surface area (Å²) in [4.78, 5) is 11.6. The molecule has 0 radical (unpaired) electrons. The first-order valence-corrected chi connectivity index (χ1v) is 10.3. The first-order chi connectivity index (χ1) is 14.6. The van der Waals surface area contributed by atoms with E-state index in [2.05, 4.69) is 47.0 Å². The Morgan fingerprint density at radius 3 is 2.27 bits per heavy atom. The molecule has 2 heterocycles.